The Morgan fingerprint density at radius 2 is 1.66 bits per heavy atom. The first kappa shape index (κ1) is 25.7. The van der Waals surface area contributed by atoms with Crippen molar-refractivity contribution >= 4 is 16.4 Å². The van der Waals surface area contributed by atoms with Crippen LogP contribution in [0.1, 0.15) is 67.4 Å². The second kappa shape index (κ2) is 13.1. The van der Waals surface area contributed by atoms with E-state index in [1.807, 2.05) is 31.2 Å². The fraction of sp³-hybridized carbons (Fsp3) is 0.480. The van der Waals surface area contributed by atoms with Gasteiger partial charge in [-0.15, -0.1) is 0 Å². The van der Waals surface area contributed by atoms with Gasteiger partial charge in [0.15, 0.2) is 11.5 Å². The Kier molecular flexibility index (Phi) is 10.5. The van der Waals surface area contributed by atoms with Gasteiger partial charge in [-0.25, -0.2) is 0 Å². The molecule has 0 aromatic heterocycles. The van der Waals surface area contributed by atoms with Crippen LogP contribution in [0.15, 0.2) is 36.4 Å². The number of hydrogen-bond donors (Lipinski definition) is 0. The van der Waals surface area contributed by atoms with Crippen molar-refractivity contribution in [3.05, 3.63) is 53.1 Å². The lowest BCUT2D eigenvalue weighted by Gasteiger charge is -2.13. The third kappa shape index (κ3) is 8.19. The third-order valence-corrected chi connectivity index (χ3v) is 6.31. The second-order valence-corrected chi connectivity index (χ2v) is 9.41. The topological polar surface area (TPSA) is 78.9 Å². The molecule has 2 aromatic rings. The van der Waals surface area contributed by atoms with E-state index in [2.05, 4.69) is 6.92 Å². The van der Waals surface area contributed by atoms with E-state index in [9.17, 15) is 13.2 Å². The molecule has 7 heteroatoms. The molecule has 0 aliphatic carbocycles. The van der Waals surface area contributed by atoms with Crippen molar-refractivity contribution in [1.82, 2.24) is 0 Å². The average molecular weight is 463 g/mol. The average Bonchev–Trinajstić information content (AvgIpc) is 2.79. The standard InChI is InChI=1S/C25H34O6S/c1-4-6-15-30-24-18-21(19-26)11-13-22(24)10-8-9-20-12-14-23(25(17-20)29-3)31-32(27,28)16-7-5-2/h11-14,17-19H,4-10,15-16H2,1-3H3. The van der Waals surface area contributed by atoms with Crippen LogP contribution in [0.3, 0.4) is 0 Å². The molecule has 0 aliphatic rings. The number of methoxy groups -OCH3 is 1. The first-order valence-electron chi connectivity index (χ1n) is 11.2. The van der Waals surface area contributed by atoms with Crippen LogP contribution in [0.5, 0.6) is 17.2 Å². The van der Waals surface area contributed by atoms with Crippen molar-refractivity contribution in [2.75, 3.05) is 19.5 Å². The van der Waals surface area contributed by atoms with Gasteiger partial charge in [0.1, 0.15) is 12.0 Å². The lowest BCUT2D eigenvalue weighted by molar-refractivity contribution is 0.112. The molecule has 0 bridgehead atoms. The first-order valence-corrected chi connectivity index (χ1v) is 12.8. The molecule has 2 rings (SSSR count). The van der Waals surface area contributed by atoms with E-state index in [0.29, 0.717) is 24.3 Å². The number of ether oxygens (including phenoxy) is 2. The van der Waals surface area contributed by atoms with E-state index in [-0.39, 0.29) is 11.5 Å². The summed E-state index contributed by atoms with van der Waals surface area (Å²) in [6, 6.07) is 10.9. The predicted molar refractivity (Wildman–Crippen MR) is 127 cm³/mol. The maximum atomic E-state index is 12.1. The highest BCUT2D eigenvalue weighted by Crippen LogP contribution is 2.30. The second-order valence-electron chi connectivity index (χ2n) is 7.72. The predicted octanol–water partition coefficient (Wildman–Crippen LogP) is 5.37. The smallest absolute Gasteiger partial charge is 0.309 e. The molecule has 0 atom stereocenters. The summed E-state index contributed by atoms with van der Waals surface area (Å²) in [5.74, 6) is 1.37. The Hall–Kier alpha value is -2.54. The van der Waals surface area contributed by atoms with Gasteiger partial charge in [0.05, 0.1) is 19.5 Å². The van der Waals surface area contributed by atoms with Crippen LogP contribution in [0.2, 0.25) is 0 Å². The minimum absolute atomic E-state index is 0.0139. The molecule has 32 heavy (non-hydrogen) atoms. The van der Waals surface area contributed by atoms with Gasteiger partial charge in [0, 0.05) is 5.56 Å². The third-order valence-electron chi connectivity index (χ3n) is 5.09. The monoisotopic (exact) mass is 462 g/mol. The van der Waals surface area contributed by atoms with E-state index < -0.39 is 10.1 Å². The zero-order valence-corrected chi connectivity index (χ0v) is 20.1. The summed E-state index contributed by atoms with van der Waals surface area (Å²) in [7, 11) is -2.14. The van der Waals surface area contributed by atoms with E-state index in [1.54, 1.807) is 12.1 Å². The molecule has 2 aromatic carbocycles. The SMILES string of the molecule is CCCCOc1cc(C=O)ccc1CCCc1ccc(OS(=O)(=O)CCCC)c(OC)c1. The van der Waals surface area contributed by atoms with Crippen LogP contribution in [0.4, 0.5) is 0 Å². The fourth-order valence-electron chi connectivity index (χ4n) is 3.23. The lowest BCUT2D eigenvalue weighted by atomic mass is 10.0. The number of rotatable bonds is 15. The van der Waals surface area contributed by atoms with Gasteiger partial charge >= 0.3 is 10.1 Å². The molecule has 0 radical (unpaired) electrons. The quantitative estimate of drug-likeness (QED) is 0.201. The van der Waals surface area contributed by atoms with Crippen molar-refractivity contribution in [2.45, 2.75) is 58.8 Å². The highest BCUT2D eigenvalue weighted by molar-refractivity contribution is 7.87. The zero-order valence-electron chi connectivity index (χ0n) is 19.3. The highest BCUT2D eigenvalue weighted by Gasteiger charge is 2.16. The zero-order chi connectivity index (χ0) is 23.4. The molecule has 0 amide bonds. The summed E-state index contributed by atoms with van der Waals surface area (Å²) in [5, 5.41) is 0. The van der Waals surface area contributed by atoms with Gasteiger partial charge in [0.2, 0.25) is 0 Å². The van der Waals surface area contributed by atoms with Crippen molar-refractivity contribution in [2.24, 2.45) is 0 Å². The number of unbranched alkanes of at least 4 members (excludes halogenated alkanes) is 2. The number of carbonyl (C=O) groups is 1. The fourth-order valence-corrected chi connectivity index (χ4v) is 4.37. The van der Waals surface area contributed by atoms with Crippen molar-refractivity contribution in [1.29, 1.82) is 0 Å². The molecule has 0 unspecified atom stereocenters. The normalized spacial score (nSPS) is 11.2. The molecule has 0 saturated heterocycles. The minimum atomic E-state index is -3.63. The largest absolute Gasteiger partial charge is 0.493 e. The molecule has 0 spiro atoms. The summed E-state index contributed by atoms with van der Waals surface area (Å²) >= 11 is 0. The summed E-state index contributed by atoms with van der Waals surface area (Å²) in [5.41, 5.74) is 2.70. The van der Waals surface area contributed by atoms with Crippen molar-refractivity contribution in [3.8, 4) is 17.2 Å². The van der Waals surface area contributed by atoms with Crippen LogP contribution in [-0.2, 0) is 23.0 Å². The van der Waals surface area contributed by atoms with E-state index >= 15 is 0 Å². The Labute approximate surface area is 192 Å². The van der Waals surface area contributed by atoms with E-state index in [4.69, 9.17) is 13.7 Å². The summed E-state index contributed by atoms with van der Waals surface area (Å²) < 4.78 is 40.7. The number of aldehydes is 1. The number of hydrogen-bond acceptors (Lipinski definition) is 6. The molecule has 0 heterocycles. The van der Waals surface area contributed by atoms with Crippen LogP contribution >= 0.6 is 0 Å². The molecule has 0 aliphatic heterocycles. The number of carbonyl (C=O) groups excluding carboxylic acids is 1. The van der Waals surface area contributed by atoms with Gasteiger partial charge < -0.3 is 13.7 Å². The van der Waals surface area contributed by atoms with Gasteiger partial charge in [-0.05, 0) is 61.4 Å². The van der Waals surface area contributed by atoms with Crippen molar-refractivity contribution in [3.63, 3.8) is 0 Å². The Balaban J connectivity index is 2.03. The molecule has 6 nitrogen and oxygen atoms in total. The summed E-state index contributed by atoms with van der Waals surface area (Å²) in [6.07, 6.45) is 6.62. The maximum Gasteiger partial charge on any atom is 0.309 e. The molecule has 0 fully saturated rings. The van der Waals surface area contributed by atoms with Gasteiger partial charge in [-0.1, -0.05) is 44.9 Å². The summed E-state index contributed by atoms with van der Waals surface area (Å²) in [6.45, 7) is 4.67. The number of aryl methyl sites for hydroxylation is 2. The Morgan fingerprint density at radius 1 is 0.875 bits per heavy atom. The maximum absolute atomic E-state index is 12.1. The first-order chi connectivity index (χ1) is 15.4. The number of benzene rings is 2. The lowest BCUT2D eigenvalue weighted by Crippen LogP contribution is -2.14. The van der Waals surface area contributed by atoms with Crippen LogP contribution in [0, 0.1) is 0 Å². The molecular weight excluding hydrogens is 428 g/mol. The molecule has 0 saturated carbocycles. The minimum Gasteiger partial charge on any atom is -0.493 e. The van der Waals surface area contributed by atoms with Gasteiger partial charge in [-0.3, -0.25) is 4.79 Å². The molecular formula is C25H34O6S. The Bertz CT molecular complexity index is 968. The molecule has 176 valence electrons. The van der Waals surface area contributed by atoms with Crippen LogP contribution in [0.25, 0.3) is 0 Å². The van der Waals surface area contributed by atoms with Crippen molar-refractivity contribution < 1.29 is 26.9 Å². The van der Waals surface area contributed by atoms with Gasteiger partial charge in [0.25, 0.3) is 0 Å². The van der Waals surface area contributed by atoms with E-state index in [1.165, 1.54) is 7.11 Å². The Morgan fingerprint density at radius 3 is 2.34 bits per heavy atom. The van der Waals surface area contributed by atoms with Gasteiger partial charge in [-0.2, -0.15) is 8.42 Å². The molecule has 0 N–H and O–H groups in total. The van der Waals surface area contributed by atoms with Crippen LogP contribution in [-0.4, -0.2) is 34.2 Å². The van der Waals surface area contributed by atoms with Crippen LogP contribution < -0.4 is 13.7 Å². The van der Waals surface area contributed by atoms with E-state index in [0.717, 1.165) is 61.7 Å². The highest BCUT2D eigenvalue weighted by atomic mass is 32.2. The summed E-state index contributed by atoms with van der Waals surface area (Å²) in [4.78, 5) is 11.1.